The fraction of sp³-hybridized carbons (Fsp3) is 0.500. The number of anilines is 1. The van der Waals surface area contributed by atoms with Crippen LogP contribution in [0, 0.1) is 11.3 Å². The normalized spacial score (nSPS) is 22.8. The first kappa shape index (κ1) is 18.9. The molecule has 0 amide bonds. The second-order valence-electron chi connectivity index (χ2n) is 7.76. The highest BCUT2D eigenvalue weighted by Crippen LogP contribution is 2.31. The average molecular weight is 380 g/mol. The van der Waals surface area contributed by atoms with Crippen LogP contribution < -0.4 is 10.2 Å². The Labute approximate surface area is 166 Å². The standard InChI is InChI=1S/C22H29N5O/c1-2-3-16-10-18(11-16)24-14-17(13-23)22-15-25-20-5-4-19(12-21(20)26-22)27-6-8-28-9-7-27/h4-5,12-16,18,23-24H,2-3,6-11H2,1H3/b17-14+,23-13?. The first-order valence-electron chi connectivity index (χ1n) is 10.3. The summed E-state index contributed by atoms with van der Waals surface area (Å²) in [6.45, 7) is 5.56. The van der Waals surface area contributed by atoms with Gasteiger partial charge in [0.15, 0.2) is 0 Å². The Morgan fingerprint density at radius 3 is 2.86 bits per heavy atom. The lowest BCUT2D eigenvalue weighted by Gasteiger charge is -2.35. The number of hydrogen-bond donors (Lipinski definition) is 2. The third-order valence-electron chi connectivity index (χ3n) is 5.76. The molecule has 0 radical (unpaired) electrons. The molecule has 1 aromatic heterocycles. The number of allylic oxidation sites excluding steroid dienone is 1. The number of hydrogen-bond acceptors (Lipinski definition) is 6. The van der Waals surface area contributed by atoms with Crippen LogP contribution in [0.3, 0.4) is 0 Å². The van der Waals surface area contributed by atoms with Gasteiger partial charge in [-0.2, -0.15) is 0 Å². The van der Waals surface area contributed by atoms with Gasteiger partial charge in [-0.25, -0.2) is 4.98 Å². The highest BCUT2D eigenvalue weighted by molar-refractivity contribution is 6.07. The van der Waals surface area contributed by atoms with Crippen molar-refractivity contribution in [3.05, 3.63) is 36.3 Å². The van der Waals surface area contributed by atoms with E-state index in [1.54, 1.807) is 6.20 Å². The summed E-state index contributed by atoms with van der Waals surface area (Å²) in [6.07, 6.45) is 10.1. The minimum atomic E-state index is 0.521. The number of nitrogens with one attached hydrogen (secondary N) is 2. The number of rotatable bonds is 7. The van der Waals surface area contributed by atoms with Crippen molar-refractivity contribution in [1.29, 1.82) is 5.41 Å². The molecule has 1 aromatic carbocycles. The van der Waals surface area contributed by atoms with Gasteiger partial charge >= 0.3 is 0 Å². The van der Waals surface area contributed by atoms with Crippen molar-refractivity contribution >= 4 is 28.5 Å². The van der Waals surface area contributed by atoms with E-state index in [2.05, 4.69) is 34.3 Å². The van der Waals surface area contributed by atoms with Gasteiger partial charge in [-0.1, -0.05) is 19.8 Å². The maximum Gasteiger partial charge on any atom is 0.0922 e. The zero-order valence-corrected chi connectivity index (χ0v) is 16.5. The van der Waals surface area contributed by atoms with E-state index in [4.69, 9.17) is 15.1 Å². The Morgan fingerprint density at radius 1 is 1.29 bits per heavy atom. The fourth-order valence-electron chi connectivity index (χ4n) is 4.07. The van der Waals surface area contributed by atoms with Crippen molar-refractivity contribution in [3.8, 4) is 0 Å². The number of benzene rings is 1. The van der Waals surface area contributed by atoms with Gasteiger partial charge < -0.3 is 20.4 Å². The first-order chi connectivity index (χ1) is 13.8. The van der Waals surface area contributed by atoms with E-state index < -0.39 is 0 Å². The lowest BCUT2D eigenvalue weighted by atomic mass is 9.78. The number of aromatic nitrogens is 2. The predicted octanol–water partition coefficient (Wildman–Crippen LogP) is 3.63. The van der Waals surface area contributed by atoms with Crippen molar-refractivity contribution in [2.45, 2.75) is 38.6 Å². The number of fused-ring (bicyclic) bond motifs is 1. The summed E-state index contributed by atoms with van der Waals surface area (Å²) in [4.78, 5) is 11.7. The zero-order chi connectivity index (χ0) is 19.3. The predicted molar refractivity (Wildman–Crippen MR) is 114 cm³/mol. The second kappa shape index (κ2) is 8.69. The van der Waals surface area contributed by atoms with Crippen molar-refractivity contribution < 1.29 is 4.74 Å². The molecule has 2 heterocycles. The summed E-state index contributed by atoms with van der Waals surface area (Å²) in [7, 11) is 0. The molecule has 6 nitrogen and oxygen atoms in total. The number of morpholine rings is 1. The summed E-state index contributed by atoms with van der Waals surface area (Å²) >= 11 is 0. The van der Waals surface area contributed by atoms with Crippen LogP contribution in [-0.2, 0) is 4.74 Å². The van der Waals surface area contributed by atoms with Gasteiger partial charge in [-0.3, -0.25) is 4.98 Å². The Hall–Kier alpha value is -2.47. The summed E-state index contributed by atoms with van der Waals surface area (Å²) in [6, 6.07) is 6.73. The van der Waals surface area contributed by atoms with Gasteiger partial charge in [0.2, 0.25) is 0 Å². The lowest BCUT2D eigenvalue weighted by molar-refractivity contribution is 0.122. The lowest BCUT2D eigenvalue weighted by Crippen LogP contribution is -2.38. The van der Waals surface area contributed by atoms with Crippen molar-refractivity contribution in [2.75, 3.05) is 31.2 Å². The molecule has 0 atom stereocenters. The fourth-order valence-corrected chi connectivity index (χ4v) is 4.07. The van der Waals surface area contributed by atoms with Crippen LogP contribution >= 0.6 is 0 Å². The van der Waals surface area contributed by atoms with Crippen LogP contribution in [0.1, 0.15) is 38.3 Å². The van der Waals surface area contributed by atoms with E-state index in [0.29, 0.717) is 6.04 Å². The molecule has 2 N–H and O–H groups in total. The Balaban J connectivity index is 1.50. The minimum Gasteiger partial charge on any atom is -0.388 e. The van der Waals surface area contributed by atoms with Crippen LogP contribution in [0.25, 0.3) is 16.6 Å². The Morgan fingerprint density at radius 2 is 2.11 bits per heavy atom. The average Bonchev–Trinajstić information content (AvgIpc) is 2.72. The SMILES string of the molecule is CCCC1CC(N/C=C(\C=N)c2cnc3ccc(N4CCOCC4)cc3n2)C1. The Kier molecular flexibility index (Phi) is 5.86. The second-order valence-corrected chi connectivity index (χ2v) is 7.76. The highest BCUT2D eigenvalue weighted by atomic mass is 16.5. The quantitative estimate of drug-likeness (QED) is 0.719. The van der Waals surface area contributed by atoms with Crippen LogP contribution in [0.2, 0.25) is 0 Å². The van der Waals surface area contributed by atoms with E-state index in [1.165, 1.54) is 31.9 Å². The highest BCUT2D eigenvalue weighted by Gasteiger charge is 2.27. The molecule has 2 aromatic rings. The van der Waals surface area contributed by atoms with E-state index in [1.807, 2.05) is 12.3 Å². The molecule has 0 bridgehead atoms. The molecule has 2 fully saturated rings. The van der Waals surface area contributed by atoms with E-state index >= 15 is 0 Å². The molecule has 1 saturated heterocycles. The van der Waals surface area contributed by atoms with Crippen LogP contribution in [0.15, 0.2) is 30.6 Å². The molecule has 1 aliphatic heterocycles. The minimum absolute atomic E-state index is 0.521. The number of nitrogens with zero attached hydrogens (tertiary/aromatic N) is 3. The monoisotopic (exact) mass is 379 g/mol. The summed E-state index contributed by atoms with van der Waals surface area (Å²) in [5.74, 6) is 0.860. The van der Waals surface area contributed by atoms with E-state index in [0.717, 1.165) is 60.2 Å². The molecule has 148 valence electrons. The molecule has 2 aliphatic rings. The smallest absolute Gasteiger partial charge is 0.0922 e. The summed E-state index contributed by atoms with van der Waals surface area (Å²) in [5.41, 5.74) is 4.39. The maximum absolute atomic E-state index is 7.81. The molecule has 4 rings (SSSR count). The van der Waals surface area contributed by atoms with Crippen LogP contribution in [0.5, 0.6) is 0 Å². The molecule has 1 saturated carbocycles. The molecular weight excluding hydrogens is 350 g/mol. The third-order valence-corrected chi connectivity index (χ3v) is 5.76. The summed E-state index contributed by atoms with van der Waals surface area (Å²) < 4.78 is 5.45. The van der Waals surface area contributed by atoms with Crippen LogP contribution in [-0.4, -0.2) is 48.5 Å². The van der Waals surface area contributed by atoms with Gasteiger partial charge in [0.05, 0.1) is 36.1 Å². The van der Waals surface area contributed by atoms with E-state index in [-0.39, 0.29) is 0 Å². The molecule has 28 heavy (non-hydrogen) atoms. The Bertz CT molecular complexity index is 853. The first-order valence-corrected chi connectivity index (χ1v) is 10.3. The van der Waals surface area contributed by atoms with Crippen molar-refractivity contribution in [2.24, 2.45) is 5.92 Å². The molecule has 1 aliphatic carbocycles. The van der Waals surface area contributed by atoms with Crippen LogP contribution in [0.4, 0.5) is 5.69 Å². The zero-order valence-electron chi connectivity index (χ0n) is 16.5. The summed E-state index contributed by atoms with van der Waals surface area (Å²) in [5, 5.41) is 11.3. The topological polar surface area (TPSA) is 74.1 Å². The van der Waals surface area contributed by atoms with Gasteiger partial charge in [-0.05, 0) is 37.0 Å². The van der Waals surface area contributed by atoms with Crippen molar-refractivity contribution in [3.63, 3.8) is 0 Å². The molecule has 0 unspecified atom stereocenters. The molecular formula is C22H29N5O. The van der Waals surface area contributed by atoms with Crippen molar-refractivity contribution in [1.82, 2.24) is 15.3 Å². The van der Waals surface area contributed by atoms with E-state index in [9.17, 15) is 0 Å². The van der Waals surface area contributed by atoms with Gasteiger partial charge in [0.25, 0.3) is 0 Å². The molecule has 6 heteroatoms. The largest absolute Gasteiger partial charge is 0.388 e. The molecule has 0 spiro atoms. The van der Waals surface area contributed by atoms with Gasteiger partial charge in [0, 0.05) is 42.8 Å². The van der Waals surface area contributed by atoms with Gasteiger partial charge in [-0.15, -0.1) is 0 Å². The third kappa shape index (κ3) is 4.17. The maximum atomic E-state index is 7.81. The number of ether oxygens (including phenoxy) is 1. The van der Waals surface area contributed by atoms with Gasteiger partial charge in [0.1, 0.15) is 0 Å².